The van der Waals surface area contributed by atoms with Crippen LogP contribution in [0.2, 0.25) is 0 Å². The summed E-state index contributed by atoms with van der Waals surface area (Å²) in [6.07, 6.45) is 1.25. The lowest BCUT2D eigenvalue weighted by Gasteiger charge is -2.09. The summed E-state index contributed by atoms with van der Waals surface area (Å²) in [5, 5.41) is 5.16. The maximum absolute atomic E-state index is 12.0. The van der Waals surface area contributed by atoms with Crippen molar-refractivity contribution >= 4 is 11.8 Å². The van der Waals surface area contributed by atoms with Crippen molar-refractivity contribution in [2.45, 2.75) is 13.5 Å². The Morgan fingerprint density at radius 1 is 1.31 bits per heavy atom. The van der Waals surface area contributed by atoms with Crippen LogP contribution in [0.5, 0.6) is 17.2 Å². The zero-order valence-corrected chi connectivity index (χ0v) is 14.4. The lowest BCUT2D eigenvalue weighted by Crippen LogP contribution is -2.36. The molecule has 1 aliphatic heterocycles. The van der Waals surface area contributed by atoms with Gasteiger partial charge in [-0.1, -0.05) is 6.92 Å². The molecule has 2 heterocycles. The van der Waals surface area contributed by atoms with Crippen molar-refractivity contribution in [3.8, 4) is 17.2 Å². The van der Waals surface area contributed by atoms with E-state index in [1.165, 1.54) is 6.26 Å². The van der Waals surface area contributed by atoms with Gasteiger partial charge in [-0.25, -0.2) is 4.98 Å². The number of aromatic nitrogens is 1. The van der Waals surface area contributed by atoms with Gasteiger partial charge in [-0.05, 0) is 12.1 Å². The lowest BCUT2D eigenvalue weighted by atomic mass is 10.1. The second-order valence-corrected chi connectivity index (χ2v) is 5.66. The topological polar surface area (TPSA) is 112 Å². The number of benzene rings is 1. The van der Waals surface area contributed by atoms with Crippen LogP contribution in [-0.2, 0) is 11.4 Å². The number of carbonyl (C=O) groups excluding carboxylic acids is 2. The highest BCUT2D eigenvalue weighted by atomic mass is 16.7. The Hall–Kier alpha value is -3.23. The number of fused-ring (bicyclic) bond motifs is 1. The molecule has 1 aliphatic rings. The molecule has 1 atom stereocenters. The molecule has 1 aromatic carbocycles. The maximum atomic E-state index is 12.0. The summed E-state index contributed by atoms with van der Waals surface area (Å²) >= 11 is 0. The van der Waals surface area contributed by atoms with Crippen LogP contribution in [0.3, 0.4) is 0 Å². The van der Waals surface area contributed by atoms with Gasteiger partial charge in [0.25, 0.3) is 5.91 Å². The van der Waals surface area contributed by atoms with E-state index in [1.54, 1.807) is 32.2 Å². The first-order valence-electron chi connectivity index (χ1n) is 8.03. The lowest BCUT2D eigenvalue weighted by molar-refractivity contribution is -0.123. The van der Waals surface area contributed by atoms with E-state index < -0.39 is 5.91 Å². The highest BCUT2D eigenvalue weighted by molar-refractivity contribution is 5.92. The van der Waals surface area contributed by atoms with E-state index >= 15 is 0 Å². The molecule has 2 amide bonds. The molecule has 1 aromatic heterocycles. The largest absolute Gasteiger partial charge is 0.484 e. The smallest absolute Gasteiger partial charge is 0.273 e. The van der Waals surface area contributed by atoms with Gasteiger partial charge in [0, 0.05) is 19.7 Å². The number of hydrogen-bond acceptors (Lipinski definition) is 7. The van der Waals surface area contributed by atoms with Gasteiger partial charge in [-0.15, -0.1) is 0 Å². The molecule has 3 rings (SSSR count). The SMILES string of the molecule is CNC(=O)[C@@H](C)CNC(=O)c1coc(COc2ccc3c(c2)OCO3)n1. The van der Waals surface area contributed by atoms with E-state index in [4.69, 9.17) is 18.6 Å². The van der Waals surface area contributed by atoms with Gasteiger partial charge < -0.3 is 29.3 Å². The average molecular weight is 361 g/mol. The van der Waals surface area contributed by atoms with E-state index in [0.29, 0.717) is 17.2 Å². The minimum atomic E-state index is -0.418. The fraction of sp³-hybridized carbons (Fsp3) is 0.353. The standard InChI is InChI=1S/C17H19N3O6/c1-10(16(21)18-2)6-19-17(22)12-7-24-15(20-12)8-23-11-3-4-13-14(5-11)26-9-25-13/h3-5,7,10H,6,8-9H2,1-2H3,(H,18,21)(H,19,22)/t10-/m0/s1. The molecule has 0 radical (unpaired) electrons. The third-order valence-corrected chi connectivity index (χ3v) is 3.75. The van der Waals surface area contributed by atoms with E-state index in [0.717, 1.165) is 0 Å². The summed E-state index contributed by atoms with van der Waals surface area (Å²) in [5.74, 6) is 1.19. The van der Waals surface area contributed by atoms with Crippen molar-refractivity contribution in [1.82, 2.24) is 15.6 Å². The molecule has 2 N–H and O–H groups in total. The molecule has 0 fully saturated rings. The molecule has 2 aromatic rings. The van der Waals surface area contributed by atoms with Gasteiger partial charge in [-0.2, -0.15) is 0 Å². The van der Waals surface area contributed by atoms with Crippen LogP contribution in [0.4, 0.5) is 0 Å². The van der Waals surface area contributed by atoms with Crippen molar-refractivity contribution in [3.05, 3.63) is 36.0 Å². The third kappa shape index (κ3) is 4.05. The predicted molar refractivity (Wildman–Crippen MR) is 89.0 cm³/mol. The Bertz CT molecular complexity index is 804. The first kappa shape index (κ1) is 17.6. The molecule has 0 bridgehead atoms. The Balaban J connectivity index is 1.51. The number of rotatable bonds is 7. The summed E-state index contributed by atoms with van der Waals surface area (Å²) < 4.78 is 21.3. The molecule has 0 unspecified atom stereocenters. The first-order chi connectivity index (χ1) is 12.6. The van der Waals surface area contributed by atoms with E-state index in [2.05, 4.69) is 15.6 Å². The number of nitrogens with one attached hydrogen (secondary N) is 2. The fourth-order valence-corrected chi connectivity index (χ4v) is 2.27. The van der Waals surface area contributed by atoms with Crippen LogP contribution < -0.4 is 24.8 Å². The van der Waals surface area contributed by atoms with Gasteiger partial charge in [0.15, 0.2) is 23.8 Å². The van der Waals surface area contributed by atoms with Crippen LogP contribution in [0, 0.1) is 5.92 Å². The van der Waals surface area contributed by atoms with Crippen LogP contribution in [0.1, 0.15) is 23.3 Å². The molecule has 0 saturated carbocycles. The molecule has 26 heavy (non-hydrogen) atoms. The minimum absolute atomic E-state index is 0.0571. The monoisotopic (exact) mass is 361 g/mol. The van der Waals surface area contributed by atoms with Crippen LogP contribution in [0.25, 0.3) is 0 Å². The van der Waals surface area contributed by atoms with Crippen molar-refractivity contribution < 1.29 is 28.2 Å². The molecule has 138 valence electrons. The van der Waals surface area contributed by atoms with Gasteiger partial charge in [-0.3, -0.25) is 9.59 Å². The van der Waals surface area contributed by atoms with Crippen molar-refractivity contribution in [2.75, 3.05) is 20.4 Å². The van der Waals surface area contributed by atoms with E-state index in [-0.39, 0.29) is 43.4 Å². The van der Waals surface area contributed by atoms with Crippen molar-refractivity contribution in [3.63, 3.8) is 0 Å². The molecule has 0 aliphatic carbocycles. The Morgan fingerprint density at radius 3 is 2.92 bits per heavy atom. The zero-order valence-electron chi connectivity index (χ0n) is 14.4. The van der Waals surface area contributed by atoms with Gasteiger partial charge in [0.05, 0.1) is 5.92 Å². The Labute approximate surface area is 149 Å². The molecule has 9 heteroatoms. The first-order valence-corrected chi connectivity index (χ1v) is 8.03. The molecular weight excluding hydrogens is 342 g/mol. The van der Waals surface area contributed by atoms with Gasteiger partial charge >= 0.3 is 0 Å². The van der Waals surface area contributed by atoms with Crippen LogP contribution in [0.15, 0.2) is 28.9 Å². The second kappa shape index (κ2) is 7.77. The van der Waals surface area contributed by atoms with Gasteiger partial charge in [0.2, 0.25) is 18.6 Å². The van der Waals surface area contributed by atoms with E-state index in [9.17, 15) is 9.59 Å². The second-order valence-electron chi connectivity index (χ2n) is 5.66. The number of amides is 2. The van der Waals surface area contributed by atoms with Crippen LogP contribution >= 0.6 is 0 Å². The van der Waals surface area contributed by atoms with Crippen molar-refractivity contribution in [1.29, 1.82) is 0 Å². The van der Waals surface area contributed by atoms with Crippen LogP contribution in [-0.4, -0.2) is 37.2 Å². The van der Waals surface area contributed by atoms with Crippen molar-refractivity contribution in [2.24, 2.45) is 5.92 Å². The number of oxazole rings is 1. The summed E-state index contributed by atoms with van der Waals surface area (Å²) in [5.41, 5.74) is 0.124. The summed E-state index contributed by atoms with van der Waals surface area (Å²) in [7, 11) is 1.55. The summed E-state index contributed by atoms with van der Waals surface area (Å²) in [4.78, 5) is 27.5. The quantitative estimate of drug-likeness (QED) is 0.759. The molecule has 9 nitrogen and oxygen atoms in total. The number of hydrogen-bond donors (Lipinski definition) is 2. The summed E-state index contributed by atoms with van der Waals surface area (Å²) in [6.45, 7) is 2.16. The number of ether oxygens (including phenoxy) is 3. The highest BCUT2D eigenvalue weighted by Gasteiger charge is 2.17. The molecule has 0 saturated heterocycles. The minimum Gasteiger partial charge on any atom is -0.484 e. The molecular formula is C17H19N3O6. The Morgan fingerprint density at radius 2 is 2.12 bits per heavy atom. The fourth-order valence-electron chi connectivity index (χ4n) is 2.27. The zero-order chi connectivity index (χ0) is 18.5. The normalized spacial score (nSPS) is 13.2. The average Bonchev–Trinajstić information content (AvgIpc) is 3.32. The van der Waals surface area contributed by atoms with Gasteiger partial charge in [0.1, 0.15) is 12.0 Å². The number of carbonyl (C=O) groups is 2. The predicted octanol–water partition coefficient (Wildman–Crippen LogP) is 1.09. The summed E-state index contributed by atoms with van der Waals surface area (Å²) in [6, 6.07) is 5.20. The highest BCUT2D eigenvalue weighted by Crippen LogP contribution is 2.35. The maximum Gasteiger partial charge on any atom is 0.273 e. The third-order valence-electron chi connectivity index (χ3n) is 3.75. The Kier molecular flexibility index (Phi) is 5.26. The van der Waals surface area contributed by atoms with E-state index in [1.807, 2.05) is 0 Å². The molecule has 0 spiro atoms. The number of nitrogens with zero attached hydrogens (tertiary/aromatic N) is 1.